The van der Waals surface area contributed by atoms with Gasteiger partial charge in [0.05, 0.1) is 0 Å². The van der Waals surface area contributed by atoms with Gasteiger partial charge in [-0.25, -0.2) is 0 Å². The van der Waals surface area contributed by atoms with E-state index < -0.39 is 6.10 Å². The van der Waals surface area contributed by atoms with Gasteiger partial charge in [0.25, 0.3) is 0 Å². The summed E-state index contributed by atoms with van der Waals surface area (Å²) in [7, 11) is 0. The number of aliphatic hydroxyl groups is 1. The molecule has 0 aliphatic rings. The van der Waals surface area contributed by atoms with Crippen molar-refractivity contribution in [3.63, 3.8) is 0 Å². The second-order valence-electron chi connectivity index (χ2n) is 4.71. The van der Waals surface area contributed by atoms with Gasteiger partial charge in [0.15, 0.2) is 0 Å². The molecule has 19 heavy (non-hydrogen) atoms. The number of hydrogen-bond acceptors (Lipinski definition) is 4. The highest BCUT2D eigenvalue weighted by Crippen LogP contribution is 2.16. The zero-order chi connectivity index (χ0) is 14.3. The molecule has 1 rings (SSSR count). The number of hydrogen-bond donors (Lipinski definition) is 3. The van der Waals surface area contributed by atoms with Crippen LogP contribution in [0.25, 0.3) is 0 Å². The third-order valence-electron chi connectivity index (χ3n) is 2.57. The molecule has 0 saturated heterocycles. The highest BCUT2D eigenvalue weighted by Gasteiger charge is 2.05. The topological polar surface area (TPSA) is 84.6 Å². The Hall–Kier alpha value is -1.59. The second kappa shape index (κ2) is 7.76. The standard InChI is InChI=1S/C14H22N2O3/c1-10-5-11(2)7-13(6-10)19-9-12(17)8-16-4-3-14(15)18/h5-7,12,16-17H,3-4,8-9H2,1-2H3,(H2,15,18). The Labute approximate surface area is 113 Å². The summed E-state index contributed by atoms with van der Waals surface area (Å²) < 4.78 is 5.53. The molecule has 0 fully saturated rings. The summed E-state index contributed by atoms with van der Waals surface area (Å²) in [4.78, 5) is 10.5. The minimum absolute atomic E-state index is 0.215. The van der Waals surface area contributed by atoms with Gasteiger partial charge in [-0.1, -0.05) is 6.07 Å². The molecule has 0 aromatic heterocycles. The van der Waals surface area contributed by atoms with Gasteiger partial charge >= 0.3 is 0 Å². The van der Waals surface area contributed by atoms with Crippen LogP contribution in [0, 0.1) is 13.8 Å². The van der Waals surface area contributed by atoms with E-state index in [9.17, 15) is 9.90 Å². The Morgan fingerprint density at radius 1 is 1.37 bits per heavy atom. The number of primary amides is 1. The molecule has 106 valence electrons. The zero-order valence-corrected chi connectivity index (χ0v) is 11.5. The fourth-order valence-corrected chi connectivity index (χ4v) is 1.75. The lowest BCUT2D eigenvalue weighted by molar-refractivity contribution is -0.117. The number of carbonyl (C=O) groups is 1. The molecule has 5 nitrogen and oxygen atoms in total. The Bertz CT molecular complexity index is 401. The normalized spacial score (nSPS) is 12.2. The maximum absolute atomic E-state index is 10.5. The summed E-state index contributed by atoms with van der Waals surface area (Å²) >= 11 is 0. The van der Waals surface area contributed by atoms with Crippen LogP contribution in [-0.2, 0) is 4.79 Å². The number of nitrogens with one attached hydrogen (secondary N) is 1. The molecule has 0 bridgehead atoms. The maximum atomic E-state index is 10.5. The number of benzene rings is 1. The molecule has 1 unspecified atom stereocenters. The number of amides is 1. The molecular formula is C14H22N2O3. The highest BCUT2D eigenvalue weighted by molar-refractivity contribution is 5.73. The number of aryl methyl sites for hydroxylation is 2. The van der Waals surface area contributed by atoms with E-state index in [1.807, 2.05) is 26.0 Å². The Kier molecular flexibility index (Phi) is 6.32. The molecule has 0 spiro atoms. The lowest BCUT2D eigenvalue weighted by Crippen LogP contribution is -2.33. The first-order valence-electron chi connectivity index (χ1n) is 6.35. The largest absolute Gasteiger partial charge is 0.491 e. The van der Waals surface area contributed by atoms with E-state index in [-0.39, 0.29) is 18.9 Å². The fourth-order valence-electron chi connectivity index (χ4n) is 1.75. The van der Waals surface area contributed by atoms with Crippen molar-refractivity contribution in [2.75, 3.05) is 19.7 Å². The maximum Gasteiger partial charge on any atom is 0.218 e. The van der Waals surface area contributed by atoms with Crippen molar-refractivity contribution in [2.24, 2.45) is 5.73 Å². The molecule has 0 radical (unpaired) electrons. The van der Waals surface area contributed by atoms with Gasteiger partial charge in [0.2, 0.25) is 5.91 Å². The van der Waals surface area contributed by atoms with Crippen molar-refractivity contribution in [3.8, 4) is 5.75 Å². The summed E-state index contributed by atoms with van der Waals surface area (Å²) in [5.41, 5.74) is 7.26. The molecule has 5 heteroatoms. The Morgan fingerprint density at radius 3 is 2.58 bits per heavy atom. The molecule has 0 heterocycles. The van der Waals surface area contributed by atoms with E-state index in [4.69, 9.17) is 10.5 Å². The molecule has 1 atom stereocenters. The molecular weight excluding hydrogens is 244 g/mol. The van der Waals surface area contributed by atoms with Gasteiger partial charge in [-0.15, -0.1) is 0 Å². The first-order valence-corrected chi connectivity index (χ1v) is 6.35. The summed E-state index contributed by atoms with van der Waals surface area (Å²) in [6.07, 6.45) is -0.348. The average molecular weight is 266 g/mol. The van der Waals surface area contributed by atoms with Crippen LogP contribution >= 0.6 is 0 Å². The van der Waals surface area contributed by atoms with Crippen molar-refractivity contribution in [1.82, 2.24) is 5.32 Å². The summed E-state index contributed by atoms with van der Waals surface area (Å²) in [5, 5.41) is 12.7. The van der Waals surface area contributed by atoms with Gasteiger partial charge in [-0.2, -0.15) is 0 Å². The summed E-state index contributed by atoms with van der Waals surface area (Å²) in [6, 6.07) is 5.93. The highest BCUT2D eigenvalue weighted by atomic mass is 16.5. The van der Waals surface area contributed by atoms with Gasteiger partial charge in [0, 0.05) is 19.5 Å². The number of aliphatic hydroxyl groups excluding tert-OH is 1. The summed E-state index contributed by atoms with van der Waals surface area (Å²) in [6.45, 7) is 5.06. The molecule has 0 saturated carbocycles. The van der Waals surface area contributed by atoms with Crippen LogP contribution in [0.4, 0.5) is 0 Å². The molecule has 0 aliphatic carbocycles. The van der Waals surface area contributed by atoms with Crippen molar-refractivity contribution in [1.29, 1.82) is 0 Å². The lowest BCUT2D eigenvalue weighted by atomic mass is 10.1. The van der Waals surface area contributed by atoms with Crippen LogP contribution in [0.5, 0.6) is 5.75 Å². The molecule has 1 aromatic carbocycles. The van der Waals surface area contributed by atoms with E-state index >= 15 is 0 Å². The van der Waals surface area contributed by atoms with Crippen LogP contribution in [0.15, 0.2) is 18.2 Å². The van der Waals surface area contributed by atoms with E-state index in [1.54, 1.807) is 0 Å². The van der Waals surface area contributed by atoms with Crippen molar-refractivity contribution in [3.05, 3.63) is 29.3 Å². The first-order chi connectivity index (χ1) is 8.97. The predicted octanol–water partition coefficient (Wildman–Crippen LogP) is 0.508. The van der Waals surface area contributed by atoms with Gasteiger partial charge in [-0.3, -0.25) is 4.79 Å². The van der Waals surface area contributed by atoms with E-state index in [0.717, 1.165) is 16.9 Å². The third kappa shape index (κ3) is 6.79. The first kappa shape index (κ1) is 15.5. The van der Waals surface area contributed by atoms with Crippen LogP contribution < -0.4 is 15.8 Å². The van der Waals surface area contributed by atoms with Gasteiger partial charge < -0.3 is 20.9 Å². The van der Waals surface area contributed by atoms with Gasteiger partial charge in [0.1, 0.15) is 18.5 Å². The van der Waals surface area contributed by atoms with Crippen LogP contribution in [0.2, 0.25) is 0 Å². The van der Waals surface area contributed by atoms with E-state index in [1.165, 1.54) is 0 Å². The Balaban J connectivity index is 2.25. The van der Waals surface area contributed by atoms with E-state index in [0.29, 0.717) is 13.1 Å². The molecule has 4 N–H and O–H groups in total. The van der Waals surface area contributed by atoms with Crippen LogP contribution in [0.1, 0.15) is 17.5 Å². The van der Waals surface area contributed by atoms with Gasteiger partial charge in [-0.05, 0) is 37.1 Å². The fraction of sp³-hybridized carbons (Fsp3) is 0.500. The zero-order valence-electron chi connectivity index (χ0n) is 11.5. The van der Waals surface area contributed by atoms with E-state index in [2.05, 4.69) is 11.4 Å². The third-order valence-corrected chi connectivity index (χ3v) is 2.57. The second-order valence-corrected chi connectivity index (χ2v) is 4.71. The quantitative estimate of drug-likeness (QED) is 0.598. The Morgan fingerprint density at radius 2 is 2.00 bits per heavy atom. The van der Waals surface area contributed by atoms with Crippen molar-refractivity contribution >= 4 is 5.91 Å². The predicted molar refractivity (Wildman–Crippen MR) is 74.1 cm³/mol. The lowest BCUT2D eigenvalue weighted by Gasteiger charge is -2.13. The van der Waals surface area contributed by atoms with Crippen LogP contribution in [-0.4, -0.2) is 36.8 Å². The summed E-state index contributed by atoms with van der Waals surface area (Å²) in [5.74, 6) is 0.405. The number of ether oxygens (including phenoxy) is 1. The number of carbonyl (C=O) groups excluding carboxylic acids is 1. The smallest absolute Gasteiger partial charge is 0.218 e. The molecule has 1 amide bonds. The number of rotatable bonds is 8. The average Bonchev–Trinajstić information content (AvgIpc) is 2.31. The monoisotopic (exact) mass is 266 g/mol. The number of nitrogens with two attached hydrogens (primary N) is 1. The SMILES string of the molecule is Cc1cc(C)cc(OCC(O)CNCCC(N)=O)c1. The minimum Gasteiger partial charge on any atom is -0.491 e. The van der Waals surface area contributed by atoms with Crippen molar-refractivity contribution < 1.29 is 14.6 Å². The van der Waals surface area contributed by atoms with Crippen LogP contribution in [0.3, 0.4) is 0 Å². The minimum atomic E-state index is -0.617. The molecule has 1 aromatic rings. The molecule has 0 aliphatic heterocycles. The van der Waals surface area contributed by atoms with Crippen molar-refractivity contribution in [2.45, 2.75) is 26.4 Å².